The molecule has 0 unspecified atom stereocenters. The molecule has 0 saturated heterocycles. The van der Waals surface area contributed by atoms with Crippen LogP contribution in [-0.2, 0) is 6.61 Å². The average molecular weight is 369 g/mol. The highest BCUT2D eigenvalue weighted by molar-refractivity contribution is 5.73. The van der Waals surface area contributed by atoms with Gasteiger partial charge in [0, 0.05) is 5.56 Å². The Morgan fingerprint density at radius 1 is 0.852 bits per heavy atom. The van der Waals surface area contributed by atoms with Gasteiger partial charge in [0.25, 0.3) is 0 Å². The van der Waals surface area contributed by atoms with Gasteiger partial charge in [-0.25, -0.2) is 0 Å². The van der Waals surface area contributed by atoms with Gasteiger partial charge in [-0.2, -0.15) is 5.26 Å². The van der Waals surface area contributed by atoms with E-state index >= 15 is 0 Å². The van der Waals surface area contributed by atoms with Gasteiger partial charge in [0.2, 0.25) is 0 Å². The van der Waals surface area contributed by atoms with Crippen molar-refractivity contribution in [1.29, 1.82) is 5.26 Å². The number of halogens is 3. The predicted molar refractivity (Wildman–Crippen MR) is 94.1 cm³/mol. The second-order valence-corrected chi connectivity index (χ2v) is 5.67. The first-order valence-electron chi connectivity index (χ1n) is 8.02. The van der Waals surface area contributed by atoms with Crippen molar-refractivity contribution < 1.29 is 22.6 Å². The van der Waals surface area contributed by atoms with Gasteiger partial charge in [-0.15, -0.1) is 13.2 Å². The quantitative estimate of drug-likeness (QED) is 0.579. The lowest BCUT2D eigenvalue weighted by Crippen LogP contribution is -2.17. The summed E-state index contributed by atoms with van der Waals surface area (Å²) >= 11 is 0. The number of rotatable bonds is 5. The van der Waals surface area contributed by atoms with Gasteiger partial charge in [-0.3, -0.25) is 0 Å². The molecule has 3 rings (SSSR count). The van der Waals surface area contributed by atoms with Crippen LogP contribution < -0.4 is 9.47 Å². The van der Waals surface area contributed by atoms with E-state index in [2.05, 4.69) is 4.74 Å². The average Bonchev–Trinajstić information content (AvgIpc) is 2.66. The molecule has 0 heterocycles. The molecule has 0 atom stereocenters. The smallest absolute Gasteiger partial charge is 0.489 e. The van der Waals surface area contributed by atoms with Gasteiger partial charge >= 0.3 is 6.36 Å². The lowest BCUT2D eigenvalue weighted by atomic mass is 10.00. The fraction of sp³-hybridized carbons (Fsp3) is 0.0952. The normalized spacial score (nSPS) is 10.9. The fourth-order valence-electron chi connectivity index (χ4n) is 2.55. The van der Waals surface area contributed by atoms with Crippen LogP contribution in [0.15, 0.2) is 72.8 Å². The number of nitrogens with zero attached hydrogens (tertiary/aromatic N) is 1. The molecule has 3 nitrogen and oxygen atoms in total. The largest absolute Gasteiger partial charge is 0.573 e. The molecule has 0 spiro atoms. The van der Waals surface area contributed by atoms with Crippen LogP contribution >= 0.6 is 0 Å². The van der Waals surface area contributed by atoms with Crippen LogP contribution in [0.2, 0.25) is 0 Å². The molecule has 0 aliphatic rings. The summed E-state index contributed by atoms with van der Waals surface area (Å²) in [5.41, 5.74) is 2.13. The van der Waals surface area contributed by atoms with Crippen molar-refractivity contribution in [3.63, 3.8) is 0 Å². The second kappa shape index (κ2) is 7.83. The number of nitriles is 1. The van der Waals surface area contributed by atoms with E-state index in [4.69, 9.17) is 4.74 Å². The summed E-state index contributed by atoms with van der Waals surface area (Å²) in [6.45, 7) is 0.354. The Morgan fingerprint density at radius 2 is 1.63 bits per heavy atom. The summed E-state index contributed by atoms with van der Waals surface area (Å²) < 4.78 is 47.1. The monoisotopic (exact) mass is 369 g/mol. The summed E-state index contributed by atoms with van der Waals surface area (Å²) in [4.78, 5) is 0. The molecule has 0 amide bonds. The highest BCUT2D eigenvalue weighted by Crippen LogP contribution is 2.32. The SMILES string of the molecule is N#Cc1ccc(OC(F)(F)F)cc1-c1cccc(OCc2ccccc2)c1. The van der Waals surface area contributed by atoms with Crippen molar-refractivity contribution >= 4 is 0 Å². The van der Waals surface area contributed by atoms with Gasteiger partial charge < -0.3 is 9.47 Å². The van der Waals surface area contributed by atoms with Crippen molar-refractivity contribution in [2.45, 2.75) is 13.0 Å². The maximum Gasteiger partial charge on any atom is 0.573 e. The molecule has 136 valence electrons. The zero-order valence-electron chi connectivity index (χ0n) is 14.0. The maximum atomic E-state index is 12.5. The highest BCUT2D eigenvalue weighted by Gasteiger charge is 2.31. The lowest BCUT2D eigenvalue weighted by molar-refractivity contribution is -0.274. The molecule has 0 bridgehead atoms. The van der Waals surface area contributed by atoms with Crippen molar-refractivity contribution in [3.05, 3.63) is 83.9 Å². The molecule has 0 fully saturated rings. The Bertz CT molecular complexity index is 963. The van der Waals surface area contributed by atoms with Gasteiger partial charge in [-0.1, -0.05) is 42.5 Å². The number of hydrogen-bond donors (Lipinski definition) is 0. The second-order valence-electron chi connectivity index (χ2n) is 5.67. The van der Waals surface area contributed by atoms with Crippen LogP contribution in [-0.4, -0.2) is 6.36 Å². The fourth-order valence-corrected chi connectivity index (χ4v) is 2.55. The Morgan fingerprint density at radius 3 is 2.33 bits per heavy atom. The third-order valence-corrected chi connectivity index (χ3v) is 3.74. The molecule has 6 heteroatoms. The molecule has 0 radical (unpaired) electrons. The third-order valence-electron chi connectivity index (χ3n) is 3.74. The van der Waals surface area contributed by atoms with Crippen molar-refractivity contribution in [1.82, 2.24) is 0 Å². The standard InChI is InChI=1S/C21H14F3NO2/c22-21(23,24)27-19-10-9-17(13-25)20(12-19)16-7-4-8-18(11-16)26-14-15-5-2-1-3-6-15/h1-12H,14H2. The van der Waals surface area contributed by atoms with E-state index in [1.54, 1.807) is 24.3 Å². The zero-order chi connectivity index (χ0) is 19.3. The van der Waals surface area contributed by atoms with Crippen LogP contribution in [0.5, 0.6) is 11.5 Å². The van der Waals surface area contributed by atoms with E-state index in [1.165, 1.54) is 12.1 Å². The number of hydrogen-bond acceptors (Lipinski definition) is 3. The van der Waals surface area contributed by atoms with E-state index in [-0.39, 0.29) is 11.3 Å². The summed E-state index contributed by atoms with van der Waals surface area (Å²) in [6.07, 6.45) is -4.80. The van der Waals surface area contributed by atoms with Gasteiger partial charge in [0.1, 0.15) is 18.1 Å². The van der Waals surface area contributed by atoms with Crippen molar-refractivity contribution in [2.75, 3.05) is 0 Å². The minimum absolute atomic E-state index is 0.240. The molecule has 3 aromatic rings. The minimum atomic E-state index is -4.80. The zero-order valence-corrected chi connectivity index (χ0v) is 14.0. The summed E-state index contributed by atoms with van der Waals surface area (Å²) in [6, 6.07) is 22.0. The molecule has 0 saturated carbocycles. The molecule has 27 heavy (non-hydrogen) atoms. The molecule has 0 aromatic heterocycles. The number of alkyl halides is 3. The van der Waals surface area contributed by atoms with Crippen LogP contribution in [0, 0.1) is 11.3 Å². The first-order valence-corrected chi connectivity index (χ1v) is 8.02. The Hall–Kier alpha value is -3.46. The van der Waals surface area contributed by atoms with Crippen LogP contribution in [0.3, 0.4) is 0 Å². The van der Waals surface area contributed by atoms with Crippen LogP contribution in [0.4, 0.5) is 13.2 Å². The van der Waals surface area contributed by atoms with Crippen molar-refractivity contribution in [2.24, 2.45) is 0 Å². The number of benzene rings is 3. The van der Waals surface area contributed by atoms with E-state index in [0.717, 1.165) is 11.6 Å². The number of ether oxygens (including phenoxy) is 2. The van der Waals surface area contributed by atoms with E-state index in [9.17, 15) is 18.4 Å². The van der Waals surface area contributed by atoms with Crippen LogP contribution in [0.25, 0.3) is 11.1 Å². The van der Waals surface area contributed by atoms with Gasteiger partial charge in [0.05, 0.1) is 11.6 Å². The summed E-state index contributed by atoms with van der Waals surface area (Å²) in [7, 11) is 0. The van der Waals surface area contributed by atoms with Gasteiger partial charge in [-0.05, 0) is 41.5 Å². The Kier molecular flexibility index (Phi) is 5.32. The third kappa shape index (κ3) is 5.02. The first kappa shape index (κ1) is 18.3. The molecule has 0 N–H and O–H groups in total. The van der Waals surface area contributed by atoms with E-state index < -0.39 is 6.36 Å². The topological polar surface area (TPSA) is 42.2 Å². The highest BCUT2D eigenvalue weighted by atomic mass is 19.4. The first-order chi connectivity index (χ1) is 12.9. The summed E-state index contributed by atoms with van der Waals surface area (Å²) in [5.74, 6) is 0.162. The van der Waals surface area contributed by atoms with Crippen molar-refractivity contribution in [3.8, 4) is 28.7 Å². The summed E-state index contributed by atoms with van der Waals surface area (Å²) in [5, 5.41) is 9.28. The van der Waals surface area contributed by atoms with Gasteiger partial charge in [0.15, 0.2) is 0 Å². The molecule has 0 aliphatic heterocycles. The molecular weight excluding hydrogens is 355 g/mol. The minimum Gasteiger partial charge on any atom is -0.489 e. The molecular formula is C21H14F3NO2. The van der Waals surface area contributed by atoms with Crippen LogP contribution in [0.1, 0.15) is 11.1 Å². The van der Waals surface area contributed by atoms with E-state index in [0.29, 0.717) is 23.5 Å². The molecule has 0 aliphatic carbocycles. The maximum absolute atomic E-state index is 12.5. The Balaban J connectivity index is 1.87. The molecule has 3 aromatic carbocycles. The lowest BCUT2D eigenvalue weighted by Gasteiger charge is -2.12. The van der Waals surface area contributed by atoms with E-state index in [1.807, 2.05) is 36.4 Å². The predicted octanol–water partition coefficient (Wildman–Crippen LogP) is 5.70. The Labute approximate surface area is 154 Å².